The fourth-order valence-electron chi connectivity index (χ4n) is 7.05. The van der Waals surface area contributed by atoms with Crippen LogP contribution in [0, 0.1) is 20.2 Å². The average Bonchev–Trinajstić information content (AvgIpc) is 3.42. The Morgan fingerprint density at radius 3 is 1.21 bits per heavy atom. The maximum Gasteiger partial charge on any atom is 0.421 e. The van der Waals surface area contributed by atoms with E-state index in [0.717, 1.165) is 0 Å². The van der Waals surface area contributed by atoms with E-state index in [1.165, 1.54) is 77.0 Å². The highest BCUT2D eigenvalue weighted by atomic mass is 16.8. The molecule has 0 fully saturated rings. The number of rotatable bonds is 12. The van der Waals surface area contributed by atoms with Gasteiger partial charge in [-0.1, -0.05) is 0 Å². The molecule has 58 heavy (non-hydrogen) atoms. The molecule has 2 atom stereocenters. The maximum absolute atomic E-state index is 14.4. The average molecular weight is 803 g/mol. The highest BCUT2D eigenvalue weighted by Crippen LogP contribution is 2.44. The number of ether oxygens (including phenoxy) is 8. The van der Waals surface area contributed by atoms with Gasteiger partial charge in [0.15, 0.2) is 23.0 Å². The van der Waals surface area contributed by atoms with Crippen molar-refractivity contribution in [1.82, 2.24) is 9.80 Å². The van der Waals surface area contributed by atoms with Gasteiger partial charge in [-0.15, -0.1) is 0 Å². The molecule has 0 aromatic heterocycles. The van der Waals surface area contributed by atoms with Crippen LogP contribution in [0.1, 0.15) is 22.3 Å². The number of likely N-dealkylation sites (N-methyl/N-ethyl adjacent to an activating group) is 2. The molecule has 306 valence electrons. The first-order valence-corrected chi connectivity index (χ1v) is 17.9. The normalized spacial score (nSPS) is 19.2. The molecule has 0 N–H and O–H groups in total. The van der Waals surface area contributed by atoms with Crippen LogP contribution in [-0.4, -0.2) is 100 Å². The van der Waals surface area contributed by atoms with Crippen molar-refractivity contribution in [2.24, 2.45) is 0 Å². The zero-order valence-corrected chi connectivity index (χ0v) is 32.7. The molecule has 6 rings (SSSR count). The molecule has 18 heteroatoms. The van der Waals surface area contributed by atoms with Crippen LogP contribution in [0.3, 0.4) is 0 Å². The summed E-state index contributed by atoms with van der Waals surface area (Å²) < 4.78 is 47.7. The van der Waals surface area contributed by atoms with Gasteiger partial charge in [0.25, 0.3) is 22.9 Å². The van der Waals surface area contributed by atoms with Gasteiger partial charge in [-0.2, -0.15) is 0 Å². The van der Waals surface area contributed by atoms with E-state index < -0.39 is 33.4 Å². The number of benzene rings is 4. The number of nitro benzene ring substituents is 2. The van der Waals surface area contributed by atoms with E-state index in [2.05, 4.69) is 0 Å². The third-order valence-corrected chi connectivity index (χ3v) is 9.86. The summed E-state index contributed by atoms with van der Waals surface area (Å²) in [6.07, 6.45) is 0.889. The summed E-state index contributed by atoms with van der Waals surface area (Å²) >= 11 is 0. The molecular formula is C40H42N4O14. The van der Waals surface area contributed by atoms with Crippen LogP contribution < -0.4 is 28.4 Å². The molecule has 2 aliphatic heterocycles. The Balaban J connectivity index is 1.47. The summed E-state index contributed by atoms with van der Waals surface area (Å²) in [5.74, 6) is -5.55. The topological polar surface area (TPSA) is 201 Å². The Labute approximate surface area is 332 Å². The van der Waals surface area contributed by atoms with Crippen LogP contribution >= 0.6 is 0 Å². The molecule has 18 nitrogen and oxygen atoms in total. The van der Waals surface area contributed by atoms with Gasteiger partial charge in [-0.25, -0.2) is 9.59 Å². The number of carbonyl (C=O) groups excluding carboxylic acids is 2. The molecule has 2 heterocycles. The highest BCUT2D eigenvalue weighted by molar-refractivity contribution is 6.30. The lowest BCUT2D eigenvalue weighted by Crippen LogP contribution is -2.51. The van der Waals surface area contributed by atoms with Crippen molar-refractivity contribution in [3.8, 4) is 34.5 Å². The molecule has 0 saturated heterocycles. The SMILES string of the molecule is COc1cc2c(cc1OC)C(OC(=O)C(=O)OC1(Oc3ccc([N+](=O)[O-])cc3)CN(C)CCc3cc(OC)c(OC)cc31)(Oc1ccc([N+](=O)[O-])cc1)CN(C)CC2. The van der Waals surface area contributed by atoms with Gasteiger partial charge >= 0.3 is 11.9 Å². The van der Waals surface area contributed by atoms with Gasteiger partial charge in [0.05, 0.1) is 51.4 Å². The molecule has 0 spiro atoms. The van der Waals surface area contributed by atoms with E-state index in [4.69, 9.17) is 37.9 Å². The number of methoxy groups -OCH3 is 4. The summed E-state index contributed by atoms with van der Waals surface area (Å²) in [6, 6.07) is 17.0. The number of hydrogen-bond donors (Lipinski definition) is 0. The van der Waals surface area contributed by atoms with Gasteiger partial charge in [0.1, 0.15) is 11.5 Å². The Bertz CT molecular complexity index is 2040. The van der Waals surface area contributed by atoms with Crippen LogP contribution in [-0.2, 0) is 43.5 Å². The predicted molar refractivity (Wildman–Crippen MR) is 204 cm³/mol. The van der Waals surface area contributed by atoms with E-state index in [9.17, 15) is 29.8 Å². The Morgan fingerprint density at radius 2 is 0.897 bits per heavy atom. The second-order valence-corrected chi connectivity index (χ2v) is 13.7. The second kappa shape index (κ2) is 16.8. The molecule has 4 aromatic carbocycles. The number of hydrogen-bond acceptors (Lipinski definition) is 16. The first kappa shape index (κ1) is 41.0. The zero-order chi connectivity index (χ0) is 41.8. The molecule has 0 radical (unpaired) electrons. The van der Waals surface area contributed by atoms with E-state index >= 15 is 0 Å². The van der Waals surface area contributed by atoms with E-state index in [-0.39, 0.29) is 47.5 Å². The lowest BCUT2D eigenvalue weighted by atomic mass is 9.96. The molecule has 0 amide bonds. The third-order valence-electron chi connectivity index (χ3n) is 9.86. The molecule has 2 aliphatic rings. The van der Waals surface area contributed by atoms with Gasteiger partial charge in [-0.3, -0.25) is 30.0 Å². The number of fused-ring (bicyclic) bond motifs is 2. The number of non-ortho nitro benzene ring substituents is 2. The van der Waals surface area contributed by atoms with Gasteiger partial charge in [0.2, 0.25) is 0 Å². The van der Waals surface area contributed by atoms with Crippen molar-refractivity contribution in [3.05, 3.63) is 115 Å². The molecular weight excluding hydrogens is 760 g/mol. The predicted octanol–water partition coefficient (Wildman–Crippen LogP) is 4.76. The minimum atomic E-state index is -2.06. The van der Waals surface area contributed by atoms with Gasteiger partial charge in [0, 0.05) is 48.5 Å². The van der Waals surface area contributed by atoms with Crippen LogP contribution in [0.5, 0.6) is 34.5 Å². The van der Waals surface area contributed by atoms with Crippen LogP contribution in [0.2, 0.25) is 0 Å². The first-order chi connectivity index (χ1) is 27.7. The smallest absolute Gasteiger partial charge is 0.421 e. The van der Waals surface area contributed by atoms with Gasteiger partial charge in [-0.05, 0) is 86.6 Å². The van der Waals surface area contributed by atoms with Crippen LogP contribution in [0.15, 0.2) is 72.8 Å². The largest absolute Gasteiger partial charge is 0.493 e. The number of nitro groups is 2. The van der Waals surface area contributed by atoms with Crippen molar-refractivity contribution in [2.75, 3.05) is 68.7 Å². The van der Waals surface area contributed by atoms with Crippen LogP contribution in [0.4, 0.5) is 11.4 Å². The van der Waals surface area contributed by atoms with Crippen LogP contribution in [0.25, 0.3) is 0 Å². The summed E-state index contributed by atoms with van der Waals surface area (Å²) in [7, 11) is 9.37. The summed E-state index contributed by atoms with van der Waals surface area (Å²) in [4.78, 5) is 54.3. The quantitative estimate of drug-likeness (QED) is 0.0623. The minimum absolute atomic E-state index is 0.0844. The fraction of sp³-hybridized carbons (Fsp3) is 0.350. The van der Waals surface area contributed by atoms with Crippen molar-refractivity contribution in [1.29, 1.82) is 0 Å². The number of esters is 2. The highest BCUT2D eigenvalue weighted by Gasteiger charge is 2.50. The first-order valence-electron chi connectivity index (χ1n) is 17.9. The molecule has 0 aliphatic carbocycles. The maximum atomic E-state index is 14.4. The molecule has 0 bridgehead atoms. The fourth-order valence-corrected chi connectivity index (χ4v) is 7.05. The molecule has 0 saturated carbocycles. The monoisotopic (exact) mass is 802 g/mol. The molecule has 2 unspecified atom stereocenters. The Kier molecular flexibility index (Phi) is 11.9. The van der Waals surface area contributed by atoms with Crippen molar-refractivity contribution in [2.45, 2.75) is 24.4 Å². The second-order valence-electron chi connectivity index (χ2n) is 13.7. The Morgan fingerprint density at radius 1 is 0.569 bits per heavy atom. The third kappa shape index (κ3) is 8.37. The molecule has 4 aromatic rings. The van der Waals surface area contributed by atoms with Gasteiger partial charge < -0.3 is 37.9 Å². The van der Waals surface area contributed by atoms with Crippen molar-refractivity contribution < 1.29 is 57.3 Å². The summed E-state index contributed by atoms with van der Waals surface area (Å²) in [6.45, 7) is 0.712. The number of nitrogens with zero attached hydrogens (tertiary/aromatic N) is 4. The van der Waals surface area contributed by atoms with Crippen molar-refractivity contribution >= 4 is 23.3 Å². The zero-order valence-electron chi connectivity index (χ0n) is 32.7. The van der Waals surface area contributed by atoms with E-state index in [1.54, 1.807) is 38.4 Å². The van der Waals surface area contributed by atoms with Crippen molar-refractivity contribution in [3.63, 3.8) is 0 Å². The van der Waals surface area contributed by atoms with E-state index in [0.29, 0.717) is 59.7 Å². The van der Waals surface area contributed by atoms with E-state index in [1.807, 2.05) is 9.80 Å². The summed E-state index contributed by atoms with van der Waals surface area (Å²) in [5.41, 5.74) is 1.53. The lowest BCUT2D eigenvalue weighted by Gasteiger charge is -2.37. The Hall–Kier alpha value is -6.66. The number of carbonyl (C=O) groups is 2. The summed E-state index contributed by atoms with van der Waals surface area (Å²) in [5, 5.41) is 22.9. The lowest BCUT2D eigenvalue weighted by molar-refractivity contribution is -0.385. The standard InChI is InChI=1S/C40H42N4O14/c1-41-17-15-25-19-33(51-3)35(53-5)21-31(25)39(23-41,55-29-11-7-27(8-12-29)43(47)48)57-37(45)38(46)58-40(56-30-13-9-28(10-14-30)44(49)50)24-42(2)18-16-26-20-34(52-4)36(54-6)22-32(26)40/h7-14,19-22H,15-18,23-24H2,1-6H3. The minimum Gasteiger partial charge on any atom is -0.493 e.